The third-order valence-electron chi connectivity index (χ3n) is 7.39. The fourth-order valence-electron chi connectivity index (χ4n) is 5.00. The van der Waals surface area contributed by atoms with Crippen LogP contribution >= 0.6 is 11.6 Å². The summed E-state index contributed by atoms with van der Waals surface area (Å²) >= 11 is 6.60. The molecule has 0 bridgehead atoms. The van der Waals surface area contributed by atoms with Crippen LogP contribution in [0.2, 0.25) is 5.15 Å². The van der Waals surface area contributed by atoms with Crippen LogP contribution in [-0.4, -0.2) is 160 Å². The Labute approximate surface area is 235 Å². The first-order chi connectivity index (χ1) is 19.2. The molecule has 3 aliphatic rings. The predicted octanol–water partition coefficient (Wildman–Crippen LogP) is 0.330. The van der Waals surface area contributed by atoms with E-state index in [0.717, 1.165) is 112 Å². The molecule has 3 aliphatic heterocycles. The molecule has 0 unspecified atom stereocenters. The number of ether oxygens (including phenoxy) is 3. The minimum absolute atomic E-state index is 0.323. The Kier molecular flexibility index (Phi) is 10.5. The van der Waals surface area contributed by atoms with Gasteiger partial charge in [-0.3, -0.25) is 14.7 Å². The van der Waals surface area contributed by atoms with Gasteiger partial charge in [-0.1, -0.05) is 11.6 Å². The van der Waals surface area contributed by atoms with Crippen molar-refractivity contribution in [1.29, 1.82) is 0 Å². The van der Waals surface area contributed by atoms with E-state index < -0.39 is 0 Å². The second kappa shape index (κ2) is 14.5. The number of anilines is 3. The highest BCUT2D eigenvalue weighted by Gasteiger charge is 2.22. The molecule has 2 aromatic rings. The van der Waals surface area contributed by atoms with Gasteiger partial charge in [-0.15, -0.1) is 0 Å². The Morgan fingerprint density at radius 1 is 0.718 bits per heavy atom. The molecule has 0 saturated carbocycles. The van der Waals surface area contributed by atoms with Gasteiger partial charge >= 0.3 is 0 Å². The topological polar surface area (TPSA) is 116 Å². The summed E-state index contributed by atoms with van der Waals surface area (Å²) < 4.78 is 16.2. The number of methoxy groups -OCH3 is 1. The first-order valence-electron chi connectivity index (χ1n) is 14.0. The van der Waals surface area contributed by atoms with Gasteiger partial charge in [0.1, 0.15) is 0 Å². The zero-order valence-corrected chi connectivity index (χ0v) is 23.7. The molecule has 5 rings (SSSR count). The minimum atomic E-state index is 0.323. The average molecular weight is 565 g/mol. The minimum Gasteiger partial charge on any atom is -0.383 e. The average Bonchev–Trinajstić information content (AvgIpc) is 2.98. The van der Waals surface area contributed by atoms with Gasteiger partial charge in [0.05, 0.1) is 33.0 Å². The summed E-state index contributed by atoms with van der Waals surface area (Å²) in [6.45, 7) is 15.3. The monoisotopic (exact) mass is 564 g/mol. The smallest absolute Gasteiger partial charge is 0.229 e. The number of nitrogens with zero attached hydrogens (tertiary/aromatic N) is 8. The molecule has 0 aliphatic carbocycles. The van der Waals surface area contributed by atoms with Gasteiger partial charge in [0.15, 0.2) is 28.0 Å². The number of aromatic nitrogens is 4. The molecule has 3 fully saturated rings. The first kappa shape index (κ1) is 28.4. The second-order valence-electron chi connectivity index (χ2n) is 9.99. The van der Waals surface area contributed by atoms with Crippen molar-refractivity contribution < 1.29 is 14.2 Å². The summed E-state index contributed by atoms with van der Waals surface area (Å²) in [6.07, 6.45) is 0. The van der Waals surface area contributed by atoms with Gasteiger partial charge in [0.2, 0.25) is 5.95 Å². The number of nitrogens with one attached hydrogen (secondary N) is 2. The number of halogens is 1. The molecule has 2 aromatic heterocycles. The number of fused-ring (bicyclic) bond motifs is 1. The van der Waals surface area contributed by atoms with E-state index in [9.17, 15) is 0 Å². The largest absolute Gasteiger partial charge is 0.383 e. The third kappa shape index (κ3) is 7.97. The molecule has 14 heteroatoms. The van der Waals surface area contributed by atoms with Crippen molar-refractivity contribution in [2.24, 2.45) is 0 Å². The summed E-state index contributed by atoms with van der Waals surface area (Å²) in [6, 6.07) is 0. The van der Waals surface area contributed by atoms with Gasteiger partial charge in [-0.25, -0.2) is 9.97 Å². The maximum atomic E-state index is 6.60. The van der Waals surface area contributed by atoms with Crippen LogP contribution in [-0.2, 0) is 14.2 Å². The lowest BCUT2D eigenvalue weighted by Gasteiger charge is -2.34. The summed E-state index contributed by atoms with van der Waals surface area (Å²) in [5.74, 6) is 1.88. The highest BCUT2D eigenvalue weighted by Crippen LogP contribution is 2.27. The van der Waals surface area contributed by atoms with E-state index in [4.69, 9.17) is 40.8 Å². The van der Waals surface area contributed by atoms with Crippen molar-refractivity contribution in [3.05, 3.63) is 5.15 Å². The Hall–Kier alpha value is -2.13. The number of hydrogen-bond donors (Lipinski definition) is 2. The molecule has 0 atom stereocenters. The van der Waals surface area contributed by atoms with Crippen LogP contribution in [0.5, 0.6) is 0 Å². The lowest BCUT2D eigenvalue weighted by Crippen LogP contribution is -2.47. The van der Waals surface area contributed by atoms with Crippen LogP contribution in [0.25, 0.3) is 11.2 Å². The van der Waals surface area contributed by atoms with Gasteiger partial charge < -0.3 is 29.7 Å². The number of morpholine rings is 2. The molecule has 0 radical (unpaired) electrons. The van der Waals surface area contributed by atoms with E-state index >= 15 is 0 Å². The lowest BCUT2D eigenvalue weighted by molar-refractivity contribution is 0.0398. The zero-order valence-electron chi connectivity index (χ0n) is 22.9. The first-order valence-corrected chi connectivity index (χ1v) is 14.4. The lowest BCUT2D eigenvalue weighted by atomic mass is 10.3. The molecule has 3 saturated heterocycles. The van der Waals surface area contributed by atoms with Gasteiger partial charge in [0.25, 0.3) is 0 Å². The summed E-state index contributed by atoms with van der Waals surface area (Å²) in [5.41, 5.74) is 1.12. The van der Waals surface area contributed by atoms with Crippen molar-refractivity contribution in [3.8, 4) is 0 Å². The van der Waals surface area contributed by atoms with Gasteiger partial charge in [-0.05, 0) is 0 Å². The van der Waals surface area contributed by atoms with E-state index in [2.05, 4.69) is 35.2 Å². The van der Waals surface area contributed by atoms with Crippen LogP contribution < -0.4 is 15.5 Å². The van der Waals surface area contributed by atoms with Crippen molar-refractivity contribution in [2.45, 2.75) is 0 Å². The molecular weight excluding hydrogens is 524 g/mol. The van der Waals surface area contributed by atoms with Crippen molar-refractivity contribution >= 4 is 40.3 Å². The SMILES string of the molecule is COCCN1CCN(c2nc(NCCN3CCOCC3)c3nc(Cl)c(NCCN4CCOCC4)nc3n2)CC1. The Balaban J connectivity index is 1.31. The molecule has 39 heavy (non-hydrogen) atoms. The Morgan fingerprint density at radius 2 is 1.31 bits per heavy atom. The molecule has 0 amide bonds. The number of hydrogen-bond acceptors (Lipinski definition) is 13. The normalized spacial score (nSPS) is 20.0. The number of piperazine rings is 1. The zero-order chi connectivity index (χ0) is 26.9. The van der Waals surface area contributed by atoms with Crippen LogP contribution in [0, 0.1) is 0 Å². The van der Waals surface area contributed by atoms with Crippen LogP contribution in [0.4, 0.5) is 17.6 Å². The van der Waals surface area contributed by atoms with Crippen molar-refractivity contribution in [3.63, 3.8) is 0 Å². The van der Waals surface area contributed by atoms with Crippen LogP contribution in [0.1, 0.15) is 0 Å². The Bertz CT molecular complexity index is 1050. The second-order valence-corrected chi connectivity index (χ2v) is 10.3. The Morgan fingerprint density at radius 3 is 1.92 bits per heavy atom. The quantitative estimate of drug-likeness (QED) is 0.369. The summed E-state index contributed by atoms with van der Waals surface area (Å²) in [4.78, 5) is 28.6. The molecular formula is C25H41ClN10O3. The standard InChI is InChI=1S/C25H41ClN10O3/c1-37-15-10-35-6-8-36(9-7-35)25-31-22(27-2-4-33-11-16-38-17-12-33)20-23(32-25)30-24(21(26)29-20)28-3-5-34-13-18-39-19-14-34/h2-19H2,1H3,(H2,27,28,30,31,32). The fourth-order valence-corrected chi connectivity index (χ4v) is 5.19. The van der Waals surface area contributed by atoms with E-state index in [0.29, 0.717) is 40.4 Å². The van der Waals surface area contributed by atoms with Gasteiger partial charge in [0, 0.05) is 92.2 Å². The molecule has 216 valence electrons. The molecule has 0 aromatic carbocycles. The maximum Gasteiger partial charge on any atom is 0.229 e. The molecule has 0 spiro atoms. The van der Waals surface area contributed by atoms with E-state index in [-0.39, 0.29) is 0 Å². The maximum absolute atomic E-state index is 6.60. The van der Waals surface area contributed by atoms with E-state index in [1.54, 1.807) is 7.11 Å². The van der Waals surface area contributed by atoms with Crippen molar-refractivity contribution in [1.82, 2.24) is 34.6 Å². The third-order valence-corrected chi connectivity index (χ3v) is 7.66. The summed E-state index contributed by atoms with van der Waals surface area (Å²) in [7, 11) is 1.74. The molecule has 5 heterocycles. The fraction of sp³-hybridized carbons (Fsp3) is 0.760. The highest BCUT2D eigenvalue weighted by molar-refractivity contribution is 6.32. The van der Waals surface area contributed by atoms with Crippen molar-refractivity contribution in [2.75, 3.05) is 141 Å². The number of rotatable bonds is 12. The van der Waals surface area contributed by atoms with Crippen LogP contribution in [0.15, 0.2) is 0 Å². The van der Waals surface area contributed by atoms with Crippen LogP contribution in [0.3, 0.4) is 0 Å². The van der Waals surface area contributed by atoms with Gasteiger partial charge in [-0.2, -0.15) is 9.97 Å². The molecule has 13 nitrogen and oxygen atoms in total. The highest BCUT2D eigenvalue weighted by atomic mass is 35.5. The van der Waals surface area contributed by atoms with E-state index in [1.807, 2.05) is 0 Å². The molecule has 2 N–H and O–H groups in total. The van der Waals surface area contributed by atoms with E-state index in [1.165, 1.54) is 0 Å². The summed E-state index contributed by atoms with van der Waals surface area (Å²) in [5, 5.41) is 7.18. The predicted molar refractivity (Wildman–Crippen MR) is 152 cm³/mol.